The minimum Gasteiger partial charge on any atom is -0.447 e. The second-order valence-corrected chi connectivity index (χ2v) is 6.08. The average molecular weight is 335 g/mol. The summed E-state index contributed by atoms with van der Waals surface area (Å²) in [6, 6.07) is 0. The summed E-state index contributed by atoms with van der Waals surface area (Å²) in [6.45, 7) is 3.44. The van der Waals surface area contributed by atoms with Gasteiger partial charge in [-0.2, -0.15) is 0 Å². The molecule has 1 aliphatic heterocycles. The molecule has 136 valence electrons. The molecular formula is C15H29NO7. The van der Waals surface area contributed by atoms with Gasteiger partial charge in [0.2, 0.25) is 0 Å². The fourth-order valence-electron chi connectivity index (χ4n) is 2.43. The second-order valence-electron chi connectivity index (χ2n) is 6.08. The van der Waals surface area contributed by atoms with E-state index >= 15 is 0 Å². The van der Waals surface area contributed by atoms with Gasteiger partial charge in [-0.1, -0.05) is 32.6 Å². The Morgan fingerprint density at radius 2 is 1.83 bits per heavy atom. The molecule has 1 heterocycles. The van der Waals surface area contributed by atoms with Crippen molar-refractivity contribution < 1.29 is 34.7 Å². The number of carbonyl (C=O) groups is 1. The third-order valence-electron chi connectivity index (χ3n) is 3.92. The summed E-state index contributed by atoms with van der Waals surface area (Å²) in [5.41, 5.74) is 0. The van der Waals surface area contributed by atoms with Crippen molar-refractivity contribution in [2.45, 2.75) is 76.2 Å². The fourth-order valence-corrected chi connectivity index (χ4v) is 2.43. The number of hydrogen-bond donors (Lipinski definition) is 5. The van der Waals surface area contributed by atoms with Crippen molar-refractivity contribution in [3.05, 3.63) is 0 Å². The van der Waals surface area contributed by atoms with E-state index in [1.165, 1.54) is 6.42 Å². The highest BCUT2D eigenvalue weighted by atomic mass is 16.7. The number of nitrogens with one attached hydrogen (secondary N) is 1. The zero-order valence-electron chi connectivity index (χ0n) is 13.8. The molecule has 23 heavy (non-hydrogen) atoms. The molecule has 0 aromatic heterocycles. The molecule has 5 N–H and O–H groups in total. The number of hydrogen-bond acceptors (Lipinski definition) is 7. The first-order chi connectivity index (χ1) is 10.8. The maximum Gasteiger partial charge on any atom is 0.407 e. The van der Waals surface area contributed by atoms with Gasteiger partial charge in [0.25, 0.3) is 0 Å². The van der Waals surface area contributed by atoms with Crippen LogP contribution in [0.15, 0.2) is 0 Å². The van der Waals surface area contributed by atoms with Crippen molar-refractivity contribution in [1.82, 2.24) is 5.32 Å². The van der Waals surface area contributed by atoms with Crippen LogP contribution in [0.2, 0.25) is 0 Å². The highest BCUT2D eigenvalue weighted by Crippen LogP contribution is 2.27. The third-order valence-corrected chi connectivity index (χ3v) is 3.92. The Morgan fingerprint density at radius 3 is 2.48 bits per heavy atom. The number of aliphatic hydroxyl groups is 4. The van der Waals surface area contributed by atoms with Crippen LogP contribution in [0.25, 0.3) is 0 Å². The van der Waals surface area contributed by atoms with Crippen molar-refractivity contribution in [1.29, 1.82) is 0 Å². The van der Waals surface area contributed by atoms with Gasteiger partial charge in [0.1, 0.15) is 31.0 Å². The first-order valence-corrected chi connectivity index (χ1v) is 8.14. The average Bonchev–Trinajstić information content (AvgIpc) is 2.51. The van der Waals surface area contributed by atoms with Crippen LogP contribution in [0.1, 0.15) is 46.0 Å². The Kier molecular flexibility index (Phi) is 8.21. The quantitative estimate of drug-likeness (QED) is 0.391. The maximum atomic E-state index is 11.5. The molecule has 1 aliphatic rings. The van der Waals surface area contributed by atoms with Crippen LogP contribution < -0.4 is 5.32 Å². The number of amides is 1. The van der Waals surface area contributed by atoms with Crippen molar-refractivity contribution in [2.75, 3.05) is 13.2 Å². The van der Waals surface area contributed by atoms with Crippen molar-refractivity contribution >= 4 is 6.09 Å². The molecule has 0 spiro atoms. The monoisotopic (exact) mass is 335 g/mol. The molecule has 8 heteroatoms. The van der Waals surface area contributed by atoms with Crippen LogP contribution in [0, 0.1) is 0 Å². The van der Waals surface area contributed by atoms with E-state index < -0.39 is 36.3 Å². The van der Waals surface area contributed by atoms with Gasteiger partial charge in [-0.15, -0.1) is 0 Å². The molecule has 1 fully saturated rings. The van der Waals surface area contributed by atoms with E-state index in [1.54, 1.807) is 0 Å². The summed E-state index contributed by atoms with van der Waals surface area (Å²) >= 11 is 0. The molecular weight excluding hydrogens is 306 g/mol. The third kappa shape index (κ3) is 6.23. The molecule has 5 atom stereocenters. The number of unbranched alkanes of at least 4 members (excludes halogenated alkanes) is 4. The van der Waals surface area contributed by atoms with Crippen LogP contribution in [-0.2, 0) is 9.47 Å². The zero-order valence-corrected chi connectivity index (χ0v) is 13.8. The smallest absolute Gasteiger partial charge is 0.407 e. The highest BCUT2D eigenvalue weighted by Gasteiger charge is 2.50. The lowest BCUT2D eigenvalue weighted by atomic mass is 9.94. The van der Waals surface area contributed by atoms with E-state index in [0.29, 0.717) is 6.54 Å². The van der Waals surface area contributed by atoms with Crippen LogP contribution >= 0.6 is 0 Å². The van der Waals surface area contributed by atoms with Gasteiger partial charge >= 0.3 is 6.09 Å². The van der Waals surface area contributed by atoms with E-state index in [-0.39, 0.29) is 6.61 Å². The minimum absolute atomic E-state index is 0.344. The summed E-state index contributed by atoms with van der Waals surface area (Å²) in [5.74, 6) is -2.03. The van der Waals surface area contributed by atoms with E-state index in [9.17, 15) is 25.2 Å². The molecule has 8 nitrogen and oxygen atoms in total. The van der Waals surface area contributed by atoms with Gasteiger partial charge < -0.3 is 35.2 Å². The number of rotatable bonds is 8. The maximum absolute atomic E-state index is 11.5. The Morgan fingerprint density at radius 1 is 1.17 bits per heavy atom. The van der Waals surface area contributed by atoms with Gasteiger partial charge in [0, 0.05) is 6.54 Å². The van der Waals surface area contributed by atoms with Crippen LogP contribution in [0.4, 0.5) is 4.79 Å². The number of ether oxygens (including phenoxy) is 2. The molecule has 0 unspecified atom stereocenters. The highest BCUT2D eigenvalue weighted by molar-refractivity contribution is 5.67. The molecule has 1 amide bonds. The molecule has 0 saturated carbocycles. The van der Waals surface area contributed by atoms with Crippen LogP contribution in [-0.4, -0.2) is 69.9 Å². The lowest BCUT2D eigenvalue weighted by Gasteiger charge is -2.43. The number of alkyl carbamates (subject to hydrolysis) is 1. The Hall–Kier alpha value is -0.930. The lowest BCUT2D eigenvalue weighted by Crippen LogP contribution is -2.64. The Balaban J connectivity index is 2.27. The summed E-state index contributed by atoms with van der Waals surface area (Å²) < 4.78 is 10.00. The molecule has 0 aromatic rings. The van der Waals surface area contributed by atoms with Gasteiger partial charge in [-0.3, -0.25) is 0 Å². The summed E-state index contributed by atoms with van der Waals surface area (Å²) in [4.78, 5) is 11.5. The van der Waals surface area contributed by atoms with E-state index in [2.05, 4.69) is 12.2 Å². The SMILES string of the molecule is CCCCCCCNC(=O)OC[C@H]1O[C@](C)(O)[C@H](O)[C@@H](O)[C@@H]1O. The summed E-state index contributed by atoms with van der Waals surface area (Å²) in [6.07, 6.45) is -1.13. The Labute approximate surface area is 136 Å². The summed E-state index contributed by atoms with van der Waals surface area (Å²) in [5, 5.41) is 41.4. The molecule has 0 aromatic carbocycles. The van der Waals surface area contributed by atoms with E-state index in [4.69, 9.17) is 9.47 Å². The topological polar surface area (TPSA) is 128 Å². The molecule has 1 saturated heterocycles. The van der Waals surface area contributed by atoms with Gasteiger partial charge in [0.15, 0.2) is 5.79 Å². The summed E-state index contributed by atoms with van der Waals surface area (Å²) in [7, 11) is 0. The number of carbonyl (C=O) groups excluding carboxylic acids is 1. The van der Waals surface area contributed by atoms with Crippen molar-refractivity contribution in [3.8, 4) is 0 Å². The van der Waals surface area contributed by atoms with Gasteiger partial charge in [0.05, 0.1) is 0 Å². The van der Waals surface area contributed by atoms with Gasteiger partial charge in [-0.25, -0.2) is 4.79 Å². The zero-order chi connectivity index (χ0) is 17.5. The van der Waals surface area contributed by atoms with Crippen LogP contribution in [0.3, 0.4) is 0 Å². The molecule has 1 rings (SSSR count). The predicted molar refractivity (Wildman–Crippen MR) is 81.6 cm³/mol. The first kappa shape index (κ1) is 20.1. The van der Waals surface area contributed by atoms with Crippen molar-refractivity contribution in [2.24, 2.45) is 0 Å². The predicted octanol–water partition coefficient (Wildman–Crippen LogP) is -0.127. The largest absolute Gasteiger partial charge is 0.447 e. The normalized spacial score (nSPS) is 34.2. The fraction of sp³-hybridized carbons (Fsp3) is 0.933. The molecule has 0 radical (unpaired) electrons. The molecule has 0 bridgehead atoms. The van der Waals surface area contributed by atoms with E-state index in [1.807, 2.05) is 0 Å². The lowest BCUT2D eigenvalue weighted by molar-refractivity contribution is -0.340. The standard InChI is InChI=1S/C15H29NO7/c1-3-4-5-6-7-8-16-14(20)22-9-10-11(17)12(18)13(19)15(2,21)23-10/h10-13,17-19,21H,3-9H2,1-2H3,(H,16,20)/t10-,11-,12+,13-,15+/m1/s1. The second kappa shape index (κ2) is 9.39. The first-order valence-electron chi connectivity index (χ1n) is 8.14. The Bertz CT molecular complexity index is 364. The minimum atomic E-state index is -2.03. The van der Waals surface area contributed by atoms with E-state index in [0.717, 1.165) is 32.6 Å². The number of aliphatic hydroxyl groups excluding tert-OH is 3. The molecule has 0 aliphatic carbocycles. The van der Waals surface area contributed by atoms with Gasteiger partial charge in [-0.05, 0) is 13.3 Å². The van der Waals surface area contributed by atoms with Crippen LogP contribution in [0.5, 0.6) is 0 Å². The van der Waals surface area contributed by atoms with Crippen molar-refractivity contribution in [3.63, 3.8) is 0 Å².